The fourth-order valence-corrected chi connectivity index (χ4v) is 2.29. The topological polar surface area (TPSA) is 95.9 Å². The van der Waals surface area contributed by atoms with Gasteiger partial charge in [0.25, 0.3) is 0 Å². The average molecular weight is 272 g/mol. The Kier molecular flexibility index (Phi) is 5.75. The highest BCUT2D eigenvalue weighted by Gasteiger charge is 2.33. The summed E-state index contributed by atoms with van der Waals surface area (Å²) in [6.07, 6.45) is 1.51. The first kappa shape index (κ1) is 15.4. The summed E-state index contributed by atoms with van der Waals surface area (Å²) in [5.74, 6) is -1.10. The van der Waals surface area contributed by atoms with E-state index < -0.39 is 24.0 Å². The second-order valence-electron chi connectivity index (χ2n) is 4.66. The van der Waals surface area contributed by atoms with E-state index in [0.29, 0.717) is 18.9 Å². The number of nitrogens with zero attached hydrogens (tertiary/aromatic N) is 1. The molecular weight excluding hydrogens is 252 g/mol. The van der Waals surface area contributed by atoms with Crippen LogP contribution in [0, 0.1) is 5.92 Å². The van der Waals surface area contributed by atoms with Crippen LogP contribution in [-0.4, -0.2) is 54.2 Å². The molecule has 1 saturated heterocycles. The highest BCUT2D eigenvalue weighted by molar-refractivity contribution is 5.93. The molecule has 1 heterocycles. The zero-order chi connectivity index (χ0) is 14.4. The third kappa shape index (κ3) is 4.51. The van der Waals surface area contributed by atoms with Gasteiger partial charge < -0.3 is 9.84 Å². The van der Waals surface area contributed by atoms with Crippen molar-refractivity contribution in [2.75, 3.05) is 20.2 Å². The molecule has 1 aliphatic rings. The van der Waals surface area contributed by atoms with Crippen LogP contribution in [0.2, 0.25) is 0 Å². The van der Waals surface area contributed by atoms with Gasteiger partial charge in [-0.15, -0.1) is 0 Å². The number of amides is 2. The molecule has 0 aromatic carbocycles. The van der Waals surface area contributed by atoms with E-state index in [1.807, 2.05) is 12.2 Å². The summed E-state index contributed by atoms with van der Waals surface area (Å²) in [6, 6.07) is -0.665. The number of rotatable bonds is 4. The molecule has 0 bridgehead atoms. The van der Waals surface area contributed by atoms with E-state index in [1.54, 1.807) is 4.90 Å². The molecule has 0 saturated carbocycles. The molecule has 0 aromatic heterocycles. The maximum atomic E-state index is 11.6. The number of piperidine rings is 1. The maximum absolute atomic E-state index is 11.6. The van der Waals surface area contributed by atoms with Crippen molar-refractivity contribution in [3.05, 3.63) is 0 Å². The number of alkyl carbamates (subject to hydrolysis) is 1. The van der Waals surface area contributed by atoms with Crippen molar-refractivity contribution in [1.29, 1.82) is 0 Å². The molecule has 0 spiro atoms. The molecule has 1 aliphatic heterocycles. The fourth-order valence-electron chi connectivity index (χ4n) is 2.29. The third-order valence-corrected chi connectivity index (χ3v) is 3.46. The first-order valence-electron chi connectivity index (χ1n) is 6.32. The molecule has 7 heteroatoms. The van der Waals surface area contributed by atoms with E-state index in [-0.39, 0.29) is 6.54 Å². The molecular formula is C12H20N2O5. The molecule has 2 N–H and O–H groups in total. The summed E-state index contributed by atoms with van der Waals surface area (Å²) in [5.41, 5.74) is 0. The van der Waals surface area contributed by atoms with E-state index in [0.717, 1.165) is 20.0 Å². The smallest absolute Gasteiger partial charge is 0.413 e. The van der Waals surface area contributed by atoms with Crippen molar-refractivity contribution in [1.82, 2.24) is 10.2 Å². The molecule has 108 valence electrons. The number of nitrogens with one attached hydrogen (secondary N) is 1. The minimum Gasteiger partial charge on any atom is -0.480 e. The summed E-state index contributed by atoms with van der Waals surface area (Å²) < 4.78 is 4.31. The Morgan fingerprint density at radius 2 is 2.11 bits per heavy atom. The predicted octanol–water partition coefficient (Wildman–Crippen LogP) is 0.444. The average Bonchev–Trinajstić information content (AvgIpc) is 2.38. The molecule has 7 nitrogen and oxygen atoms in total. The number of methoxy groups -OCH3 is 1. The van der Waals surface area contributed by atoms with Crippen molar-refractivity contribution in [3.63, 3.8) is 0 Å². The SMILES string of the molecule is CCC1CCN(CC(=O)NC(=O)OC)C(C(=O)O)C1. The molecule has 2 amide bonds. The summed E-state index contributed by atoms with van der Waals surface area (Å²) in [6.45, 7) is 2.47. The number of imide groups is 1. The lowest BCUT2D eigenvalue weighted by Gasteiger charge is -2.36. The summed E-state index contributed by atoms with van der Waals surface area (Å²) >= 11 is 0. The standard InChI is InChI=1S/C12H20N2O5/c1-3-8-4-5-14(9(6-8)11(16)17)7-10(15)13-12(18)19-2/h8-9H,3-7H2,1-2H3,(H,16,17)(H,13,15,18). The number of likely N-dealkylation sites (tertiary alicyclic amines) is 1. The van der Waals surface area contributed by atoms with Gasteiger partial charge in [0.2, 0.25) is 5.91 Å². The van der Waals surface area contributed by atoms with Gasteiger partial charge in [-0.25, -0.2) is 4.79 Å². The minimum atomic E-state index is -0.927. The van der Waals surface area contributed by atoms with Crippen LogP contribution in [-0.2, 0) is 14.3 Å². The van der Waals surface area contributed by atoms with Crippen LogP contribution in [0.5, 0.6) is 0 Å². The van der Waals surface area contributed by atoms with E-state index in [9.17, 15) is 19.5 Å². The normalized spacial score (nSPS) is 23.7. The largest absolute Gasteiger partial charge is 0.480 e. The second-order valence-corrected chi connectivity index (χ2v) is 4.66. The third-order valence-electron chi connectivity index (χ3n) is 3.46. The lowest BCUT2D eigenvalue weighted by molar-refractivity contribution is -0.146. The number of aliphatic carboxylic acids is 1. The maximum Gasteiger partial charge on any atom is 0.413 e. The highest BCUT2D eigenvalue weighted by Crippen LogP contribution is 2.25. The number of carboxylic acid groups (broad SMARTS) is 1. The molecule has 1 rings (SSSR count). The van der Waals surface area contributed by atoms with Crippen molar-refractivity contribution in [3.8, 4) is 0 Å². The molecule has 2 unspecified atom stereocenters. The Bertz CT molecular complexity index is 358. The van der Waals surface area contributed by atoms with Crippen molar-refractivity contribution in [2.45, 2.75) is 32.2 Å². The van der Waals surface area contributed by atoms with Crippen LogP contribution in [0.15, 0.2) is 0 Å². The molecule has 2 atom stereocenters. The Labute approximate surface area is 111 Å². The van der Waals surface area contributed by atoms with Gasteiger partial charge in [0.1, 0.15) is 6.04 Å². The summed E-state index contributed by atoms with van der Waals surface area (Å²) in [4.78, 5) is 35.3. The van der Waals surface area contributed by atoms with Crippen molar-refractivity contribution in [2.24, 2.45) is 5.92 Å². The van der Waals surface area contributed by atoms with E-state index >= 15 is 0 Å². The van der Waals surface area contributed by atoms with Gasteiger partial charge in [-0.2, -0.15) is 0 Å². The Morgan fingerprint density at radius 1 is 1.42 bits per heavy atom. The van der Waals surface area contributed by atoms with Gasteiger partial charge in [-0.05, 0) is 25.3 Å². The van der Waals surface area contributed by atoms with Gasteiger partial charge in [-0.3, -0.25) is 19.8 Å². The molecule has 1 fully saturated rings. The van der Waals surface area contributed by atoms with Gasteiger partial charge >= 0.3 is 12.1 Å². The zero-order valence-electron chi connectivity index (χ0n) is 11.2. The Hall–Kier alpha value is -1.63. The monoisotopic (exact) mass is 272 g/mol. The first-order chi connectivity index (χ1) is 8.97. The predicted molar refractivity (Wildman–Crippen MR) is 66.6 cm³/mol. The highest BCUT2D eigenvalue weighted by atomic mass is 16.5. The van der Waals surface area contributed by atoms with E-state index in [4.69, 9.17) is 0 Å². The quantitative estimate of drug-likeness (QED) is 0.771. The summed E-state index contributed by atoms with van der Waals surface area (Å²) in [7, 11) is 1.16. The molecule has 0 radical (unpaired) electrons. The Morgan fingerprint density at radius 3 is 2.63 bits per heavy atom. The van der Waals surface area contributed by atoms with Crippen LogP contribution in [0.25, 0.3) is 0 Å². The number of carbonyl (C=O) groups is 3. The molecule has 0 aliphatic carbocycles. The number of carboxylic acids is 1. The van der Waals surface area contributed by atoms with Crippen LogP contribution in [0.1, 0.15) is 26.2 Å². The van der Waals surface area contributed by atoms with Crippen molar-refractivity contribution >= 4 is 18.0 Å². The van der Waals surface area contributed by atoms with Crippen molar-refractivity contribution < 1.29 is 24.2 Å². The fraction of sp³-hybridized carbons (Fsp3) is 0.750. The van der Waals surface area contributed by atoms with Crippen LogP contribution >= 0.6 is 0 Å². The number of hydrogen-bond acceptors (Lipinski definition) is 5. The van der Waals surface area contributed by atoms with Gasteiger partial charge in [0.15, 0.2) is 0 Å². The molecule has 19 heavy (non-hydrogen) atoms. The van der Waals surface area contributed by atoms with Gasteiger partial charge in [-0.1, -0.05) is 13.3 Å². The van der Waals surface area contributed by atoms with Gasteiger partial charge in [0.05, 0.1) is 13.7 Å². The van der Waals surface area contributed by atoms with Gasteiger partial charge in [0, 0.05) is 0 Å². The van der Waals surface area contributed by atoms with E-state index in [2.05, 4.69) is 4.74 Å². The van der Waals surface area contributed by atoms with Crippen LogP contribution in [0.3, 0.4) is 0 Å². The lowest BCUT2D eigenvalue weighted by atomic mass is 9.89. The minimum absolute atomic E-state index is 0.109. The second kappa shape index (κ2) is 7.08. The first-order valence-corrected chi connectivity index (χ1v) is 6.32. The summed E-state index contributed by atoms with van der Waals surface area (Å²) in [5, 5.41) is 11.2. The van der Waals surface area contributed by atoms with Crippen LogP contribution in [0.4, 0.5) is 4.79 Å². The van der Waals surface area contributed by atoms with E-state index in [1.165, 1.54) is 0 Å². The lowest BCUT2D eigenvalue weighted by Crippen LogP contribution is -2.51. The Balaban J connectivity index is 2.58. The van der Waals surface area contributed by atoms with Crippen LogP contribution < -0.4 is 5.32 Å². The number of carbonyl (C=O) groups excluding carboxylic acids is 2. The number of hydrogen-bond donors (Lipinski definition) is 2. The zero-order valence-corrected chi connectivity index (χ0v) is 11.2. The number of ether oxygens (including phenoxy) is 1. The molecule has 0 aromatic rings.